The van der Waals surface area contributed by atoms with E-state index in [0.717, 1.165) is 25.2 Å². The highest BCUT2D eigenvalue weighted by Gasteiger charge is 2.16. The van der Waals surface area contributed by atoms with Crippen LogP contribution in [0.25, 0.3) is 0 Å². The Labute approximate surface area is 128 Å². The summed E-state index contributed by atoms with van der Waals surface area (Å²) < 4.78 is 1.88. The summed E-state index contributed by atoms with van der Waals surface area (Å²) in [6, 6.07) is 0. The van der Waals surface area contributed by atoms with Crippen LogP contribution in [0.5, 0.6) is 0 Å². The van der Waals surface area contributed by atoms with Crippen LogP contribution in [-0.2, 0) is 6.54 Å². The van der Waals surface area contributed by atoms with Crippen molar-refractivity contribution in [2.45, 2.75) is 26.3 Å². The summed E-state index contributed by atoms with van der Waals surface area (Å²) in [4.78, 5) is 14.9. The lowest BCUT2D eigenvalue weighted by atomic mass is 10.4. The first-order valence-corrected chi connectivity index (χ1v) is 7.48. The molecule has 0 aliphatic carbocycles. The van der Waals surface area contributed by atoms with Gasteiger partial charge in [-0.2, -0.15) is 20.1 Å². The molecule has 0 unspecified atom stereocenters. The summed E-state index contributed by atoms with van der Waals surface area (Å²) in [5.74, 6) is 1.17. The fraction of sp³-hybridized carbons (Fsp3) is 0.538. The zero-order valence-electron chi connectivity index (χ0n) is 12.0. The largest absolute Gasteiger partial charge is 0.352 e. The normalized spacial score (nSPS) is 14.7. The molecule has 0 saturated carbocycles. The minimum Gasteiger partial charge on any atom is -0.352 e. The van der Waals surface area contributed by atoms with Crippen LogP contribution in [0, 0.1) is 6.92 Å². The van der Waals surface area contributed by atoms with Crippen LogP contribution >= 0.6 is 11.6 Å². The fourth-order valence-electron chi connectivity index (χ4n) is 2.35. The molecule has 0 atom stereocenters. The first-order valence-electron chi connectivity index (χ1n) is 7.10. The number of rotatable bonds is 5. The Morgan fingerprint density at radius 1 is 1.24 bits per heavy atom. The van der Waals surface area contributed by atoms with E-state index in [-0.39, 0.29) is 5.28 Å². The second kappa shape index (κ2) is 6.26. The molecule has 7 nitrogen and oxygen atoms in total. The molecule has 1 aliphatic heterocycles. The predicted octanol–water partition coefficient (Wildman–Crippen LogP) is 1.74. The van der Waals surface area contributed by atoms with E-state index in [4.69, 9.17) is 11.6 Å². The maximum atomic E-state index is 5.98. The first kappa shape index (κ1) is 14.1. The molecule has 1 saturated heterocycles. The summed E-state index contributed by atoms with van der Waals surface area (Å²) in [6.45, 7) is 5.40. The molecule has 1 fully saturated rings. The summed E-state index contributed by atoms with van der Waals surface area (Å²) in [6.07, 6.45) is 6.18. The molecule has 112 valence electrons. The van der Waals surface area contributed by atoms with E-state index < -0.39 is 0 Å². The molecule has 3 rings (SSSR count). The number of aromatic nitrogens is 5. The summed E-state index contributed by atoms with van der Waals surface area (Å²) in [5.41, 5.74) is 1.15. The molecule has 0 bridgehead atoms. The van der Waals surface area contributed by atoms with Gasteiger partial charge in [-0.25, -0.2) is 0 Å². The quantitative estimate of drug-likeness (QED) is 0.907. The molecular weight excluding hydrogens is 290 g/mol. The number of hydrogen-bond acceptors (Lipinski definition) is 6. The number of aryl methyl sites for hydroxylation is 1. The molecule has 8 heteroatoms. The minimum atomic E-state index is 0.226. The summed E-state index contributed by atoms with van der Waals surface area (Å²) >= 11 is 5.98. The number of anilines is 2. The second-order valence-electron chi connectivity index (χ2n) is 5.13. The Bertz CT molecular complexity index is 606. The highest BCUT2D eigenvalue weighted by Crippen LogP contribution is 2.18. The third-order valence-electron chi connectivity index (χ3n) is 3.37. The van der Waals surface area contributed by atoms with E-state index >= 15 is 0 Å². The second-order valence-corrected chi connectivity index (χ2v) is 5.47. The van der Waals surface area contributed by atoms with Gasteiger partial charge in [-0.3, -0.25) is 4.68 Å². The summed E-state index contributed by atoms with van der Waals surface area (Å²) in [7, 11) is 0. The van der Waals surface area contributed by atoms with Gasteiger partial charge in [-0.15, -0.1) is 0 Å². The van der Waals surface area contributed by atoms with Crippen molar-refractivity contribution in [1.29, 1.82) is 0 Å². The third-order valence-corrected chi connectivity index (χ3v) is 3.54. The number of nitrogens with one attached hydrogen (secondary N) is 1. The van der Waals surface area contributed by atoms with Crippen LogP contribution in [0.15, 0.2) is 12.4 Å². The average molecular weight is 308 g/mol. The molecule has 1 aliphatic rings. The number of nitrogens with zero attached hydrogens (tertiary/aromatic N) is 6. The topological polar surface area (TPSA) is 71.8 Å². The molecule has 3 heterocycles. The zero-order chi connectivity index (χ0) is 14.7. The Morgan fingerprint density at radius 3 is 2.76 bits per heavy atom. The van der Waals surface area contributed by atoms with Crippen LogP contribution in [-0.4, -0.2) is 44.4 Å². The van der Waals surface area contributed by atoms with E-state index in [1.165, 1.54) is 12.8 Å². The maximum Gasteiger partial charge on any atom is 0.231 e. The van der Waals surface area contributed by atoms with Crippen molar-refractivity contribution in [3.8, 4) is 0 Å². The van der Waals surface area contributed by atoms with Crippen molar-refractivity contribution >= 4 is 23.5 Å². The molecule has 0 radical (unpaired) electrons. The van der Waals surface area contributed by atoms with Crippen LogP contribution in [0.1, 0.15) is 18.4 Å². The fourth-order valence-corrected chi connectivity index (χ4v) is 2.50. The molecule has 0 spiro atoms. The lowest BCUT2D eigenvalue weighted by molar-refractivity contribution is 0.635. The highest BCUT2D eigenvalue weighted by molar-refractivity contribution is 6.28. The molecule has 2 aromatic rings. The van der Waals surface area contributed by atoms with Gasteiger partial charge in [0, 0.05) is 25.8 Å². The van der Waals surface area contributed by atoms with Gasteiger partial charge >= 0.3 is 0 Å². The van der Waals surface area contributed by atoms with Crippen molar-refractivity contribution in [3.05, 3.63) is 23.2 Å². The van der Waals surface area contributed by atoms with E-state index in [9.17, 15) is 0 Å². The van der Waals surface area contributed by atoms with Gasteiger partial charge in [0.25, 0.3) is 0 Å². The number of hydrogen-bond donors (Lipinski definition) is 1. The van der Waals surface area contributed by atoms with E-state index in [1.807, 2.05) is 24.0 Å². The Morgan fingerprint density at radius 2 is 2.05 bits per heavy atom. The minimum absolute atomic E-state index is 0.226. The van der Waals surface area contributed by atoms with Crippen LogP contribution in [0.4, 0.5) is 11.9 Å². The van der Waals surface area contributed by atoms with Gasteiger partial charge < -0.3 is 10.2 Å². The summed E-state index contributed by atoms with van der Waals surface area (Å²) in [5, 5.41) is 7.63. The van der Waals surface area contributed by atoms with Gasteiger partial charge in [0.2, 0.25) is 17.2 Å². The van der Waals surface area contributed by atoms with Gasteiger partial charge in [-0.1, -0.05) is 0 Å². The molecular formula is C13H18ClN7. The van der Waals surface area contributed by atoms with E-state index in [2.05, 4.69) is 30.3 Å². The molecule has 0 aromatic carbocycles. The van der Waals surface area contributed by atoms with Gasteiger partial charge in [0.1, 0.15) is 0 Å². The molecule has 0 amide bonds. The number of halogens is 1. The van der Waals surface area contributed by atoms with E-state index in [0.29, 0.717) is 18.4 Å². The van der Waals surface area contributed by atoms with Crippen molar-refractivity contribution < 1.29 is 0 Å². The van der Waals surface area contributed by atoms with Gasteiger partial charge in [-0.05, 0) is 36.9 Å². The van der Waals surface area contributed by atoms with Crippen LogP contribution in [0.3, 0.4) is 0 Å². The lowest BCUT2D eigenvalue weighted by Gasteiger charge is -2.15. The van der Waals surface area contributed by atoms with Crippen LogP contribution in [0.2, 0.25) is 5.28 Å². The zero-order valence-corrected chi connectivity index (χ0v) is 12.7. The molecule has 21 heavy (non-hydrogen) atoms. The highest BCUT2D eigenvalue weighted by atomic mass is 35.5. The van der Waals surface area contributed by atoms with Crippen LogP contribution < -0.4 is 10.2 Å². The first-order chi connectivity index (χ1) is 10.2. The third kappa shape index (κ3) is 3.60. The van der Waals surface area contributed by atoms with E-state index in [1.54, 1.807) is 0 Å². The standard InChI is InChI=1S/C13H18ClN7/c1-10-8-16-21(9-10)7-4-15-12-17-11(14)18-13(19-12)20-5-2-3-6-20/h8-9H,2-7H2,1H3,(H,15,17,18,19). The smallest absolute Gasteiger partial charge is 0.231 e. The Hall–Kier alpha value is -1.89. The van der Waals surface area contributed by atoms with Crippen molar-refractivity contribution in [3.63, 3.8) is 0 Å². The Balaban J connectivity index is 1.61. The van der Waals surface area contributed by atoms with Gasteiger partial charge in [0.15, 0.2) is 0 Å². The Kier molecular flexibility index (Phi) is 4.19. The average Bonchev–Trinajstić information content (AvgIpc) is 3.10. The van der Waals surface area contributed by atoms with Crippen molar-refractivity contribution in [1.82, 2.24) is 24.7 Å². The maximum absolute atomic E-state index is 5.98. The van der Waals surface area contributed by atoms with Gasteiger partial charge in [0.05, 0.1) is 12.7 Å². The predicted molar refractivity (Wildman–Crippen MR) is 81.7 cm³/mol. The molecule has 2 aromatic heterocycles. The SMILES string of the molecule is Cc1cnn(CCNc2nc(Cl)nc(N3CCCC3)n2)c1. The lowest BCUT2D eigenvalue weighted by Crippen LogP contribution is -2.22. The monoisotopic (exact) mass is 307 g/mol. The van der Waals surface area contributed by atoms with Crippen molar-refractivity contribution in [2.75, 3.05) is 29.9 Å². The molecule has 1 N–H and O–H groups in total. The van der Waals surface area contributed by atoms with Crippen molar-refractivity contribution in [2.24, 2.45) is 0 Å².